The van der Waals surface area contributed by atoms with E-state index < -0.39 is 23.3 Å². The number of rotatable bonds is 7. The summed E-state index contributed by atoms with van der Waals surface area (Å²) in [7, 11) is 1.38. The van der Waals surface area contributed by atoms with Crippen LogP contribution in [0.4, 0.5) is 15.8 Å². The van der Waals surface area contributed by atoms with Crippen LogP contribution in [0.1, 0.15) is 17.3 Å². The number of benzene rings is 2. The van der Waals surface area contributed by atoms with Gasteiger partial charge in [-0.15, -0.1) is 0 Å². The molecule has 0 aliphatic heterocycles. The molecule has 0 radical (unpaired) electrons. The number of methoxy groups -OCH3 is 1. The second-order valence-electron chi connectivity index (χ2n) is 5.18. The van der Waals surface area contributed by atoms with Crippen molar-refractivity contribution in [2.75, 3.05) is 19.0 Å². The lowest BCUT2D eigenvalue weighted by molar-refractivity contribution is -0.384. The van der Waals surface area contributed by atoms with Crippen molar-refractivity contribution < 1.29 is 28.4 Å². The molecule has 2 rings (SSSR count). The monoisotopic (exact) mass is 362 g/mol. The van der Waals surface area contributed by atoms with Gasteiger partial charge in [-0.3, -0.25) is 19.7 Å². The number of hydrogen-bond donors (Lipinski definition) is 1. The highest BCUT2D eigenvalue weighted by Crippen LogP contribution is 2.28. The summed E-state index contributed by atoms with van der Waals surface area (Å²) in [6.07, 6.45) is 0. The van der Waals surface area contributed by atoms with Gasteiger partial charge in [-0.05, 0) is 31.2 Å². The van der Waals surface area contributed by atoms with Gasteiger partial charge in [0.15, 0.2) is 23.9 Å². The van der Waals surface area contributed by atoms with E-state index in [4.69, 9.17) is 9.47 Å². The second-order valence-corrected chi connectivity index (χ2v) is 5.18. The Morgan fingerprint density at radius 3 is 2.54 bits per heavy atom. The first kappa shape index (κ1) is 18.8. The molecule has 1 amide bonds. The van der Waals surface area contributed by atoms with Crippen molar-refractivity contribution >= 4 is 23.1 Å². The molecule has 0 atom stereocenters. The molecule has 0 fully saturated rings. The first-order valence-electron chi connectivity index (χ1n) is 7.37. The number of nitrogens with one attached hydrogen (secondary N) is 1. The molecule has 136 valence electrons. The number of halogens is 1. The number of ether oxygens (including phenoxy) is 2. The standard InChI is InChI=1S/C17H15FN2O6/c1-10(21)11-3-6-15(16(7-11)25-2)26-9-17(22)19-14-8-12(20(23)24)4-5-13(14)18/h3-8H,9H2,1-2H3,(H,19,22). The van der Waals surface area contributed by atoms with E-state index in [1.807, 2.05) is 0 Å². The molecule has 0 aliphatic rings. The van der Waals surface area contributed by atoms with Gasteiger partial charge in [0.1, 0.15) is 5.82 Å². The summed E-state index contributed by atoms with van der Waals surface area (Å²) in [5.41, 5.74) is -0.270. The zero-order valence-electron chi connectivity index (χ0n) is 13.9. The molecule has 0 unspecified atom stereocenters. The molecule has 2 aromatic carbocycles. The van der Waals surface area contributed by atoms with Gasteiger partial charge in [-0.1, -0.05) is 0 Å². The summed E-state index contributed by atoms with van der Waals surface area (Å²) in [5, 5.41) is 12.9. The molecule has 1 N–H and O–H groups in total. The smallest absolute Gasteiger partial charge is 0.271 e. The van der Waals surface area contributed by atoms with Crippen LogP contribution in [0.3, 0.4) is 0 Å². The molecule has 26 heavy (non-hydrogen) atoms. The fraction of sp³-hybridized carbons (Fsp3) is 0.176. The number of amides is 1. The Morgan fingerprint density at radius 1 is 1.19 bits per heavy atom. The fourth-order valence-electron chi connectivity index (χ4n) is 2.06. The summed E-state index contributed by atoms with van der Waals surface area (Å²) in [4.78, 5) is 33.3. The van der Waals surface area contributed by atoms with Crippen molar-refractivity contribution in [3.05, 3.63) is 57.9 Å². The van der Waals surface area contributed by atoms with Crippen molar-refractivity contribution in [2.24, 2.45) is 0 Å². The summed E-state index contributed by atoms with van der Waals surface area (Å²) in [6.45, 7) is 0.911. The summed E-state index contributed by atoms with van der Waals surface area (Å²) in [5.74, 6) is -1.22. The minimum Gasteiger partial charge on any atom is -0.493 e. The highest BCUT2D eigenvalue weighted by atomic mass is 19.1. The lowest BCUT2D eigenvalue weighted by Gasteiger charge is -2.12. The van der Waals surface area contributed by atoms with Gasteiger partial charge in [-0.2, -0.15) is 0 Å². The zero-order chi connectivity index (χ0) is 19.3. The van der Waals surface area contributed by atoms with E-state index in [0.29, 0.717) is 5.56 Å². The van der Waals surface area contributed by atoms with Crippen LogP contribution in [-0.2, 0) is 4.79 Å². The highest BCUT2D eigenvalue weighted by molar-refractivity contribution is 5.95. The van der Waals surface area contributed by atoms with Gasteiger partial charge in [0, 0.05) is 17.7 Å². The van der Waals surface area contributed by atoms with Gasteiger partial charge >= 0.3 is 0 Å². The molecule has 2 aromatic rings. The topological polar surface area (TPSA) is 108 Å². The number of nitrogens with zero attached hydrogens (tertiary/aromatic N) is 1. The largest absolute Gasteiger partial charge is 0.493 e. The van der Waals surface area contributed by atoms with Crippen molar-refractivity contribution in [1.29, 1.82) is 0 Å². The minimum atomic E-state index is -0.813. The van der Waals surface area contributed by atoms with Crippen LogP contribution in [0.2, 0.25) is 0 Å². The Kier molecular flexibility index (Phi) is 5.84. The molecular formula is C17H15FN2O6. The van der Waals surface area contributed by atoms with E-state index >= 15 is 0 Å². The number of ketones is 1. The van der Waals surface area contributed by atoms with Gasteiger partial charge in [-0.25, -0.2) is 4.39 Å². The van der Waals surface area contributed by atoms with E-state index in [2.05, 4.69) is 5.32 Å². The van der Waals surface area contributed by atoms with Crippen molar-refractivity contribution in [1.82, 2.24) is 0 Å². The van der Waals surface area contributed by atoms with E-state index in [1.165, 1.54) is 32.2 Å². The second kappa shape index (κ2) is 8.06. The molecule has 9 heteroatoms. The number of carbonyl (C=O) groups excluding carboxylic acids is 2. The normalized spacial score (nSPS) is 10.1. The molecular weight excluding hydrogens is 347 g/mol. The molecule has 0 heterocycles. The van der Waals surface area contributed by atoms with Gasteiger partial charge < -0.3 is 14.8 Å². The Bertz CT molecular complexity index is 868. The Morgan fingerprint density at radius 2 is 1.92 bits per heavy atom. The maximum absolute atomic E-state index is 13.7. The SMILES string of the molecule is COc1cc(C(C)=O)ccc1OCC(=O)Nc1cc([N+](=O)[O-])ccc1F. The third kappa shape index (κ3) is 4.53. The third-order valence-corrected chi connectivity index (χ3v) is 3.36. The quantitative estimate of drug-likeness (QED) is 0.461. The van der Waals surface area contributed by atoms with Gasteiger partial charge in [0.05, 0.1) is 17.7 Å². The molecule has 0 bridgehead atoms. The van der Waals surface area contributed by atoms with Crippen molar-refractivity contribution in [3.63, 3.8) is 0 Å². The number of hydrogen-bond acceptors (Lipinski definition) is 6. The lowest BCUT2D eigenvalue weighted by Crippen LogP contribution is -2.21. The lowest BCUT2D eigenvalue weighted by atomic mass is 10.1. The maximum atomic E-state index is 13.7. The van der Waals surface area contributed by atoms with Crippen LogP contribution < -0.4 is 14.8 Å². The third-order valence-electron chi connectivity index (χ3n) is 3.36. The molecule has 8 nitrogen and oxygen atoms in total. The average Bonchev–Trinajstić information content (AvgIpc) is 2.61. The predicted molar refractivity (Wildman–Crippen MR) is 90.2 cm³/mol. The number of anilines is 1. The minimum absolute atomic E-state index is 0.159. The summed E-state index contributed by atoms with van der Waals surface area (Å²) in [6, 6.07) is 7.24. The number of non-ortho nitro benzene ring substituents is 1. The number of Topliss-reactive ketones (excluding diaryl/α,β-unsaturated/α-hetero) is 1. The first-order valence-corrected chi connectivity index (χ1v) is 7.37. The van der Waals surface area contributed by atoms with E-state index in [-0.39, 0.29) is 28.7 Å². The average molecular weight is 362 g/mol. The molecule has 0 saturated heterocycles. The highest BCUT2D eigenvalue weighted by Gasteiger charge is 2.15. The first-order chi connectivity index (χ1) is 12.3. The van der Waals surface area contributed by atoms with Gasteiger partial charge in [0.25, 0.3) is 11.6 Å². The maximum Gasteiger partial charge on any atom is 0.271 e. The van der Waals surface area contributed by atoms with Crippen LogP contribution in [0.15, 0.2) is 36.4 Å². The van der Waals surface area contributed by atoms with Crippen LogP contribution in [0.25, 0.3) is 0 Å². The Labute approximate surface area is 147 Å². The van der Waals surface area contributed by atoms with Gasteiger partial charge in [0.2, 0.25) is 0 Å². The molecule has 0 aromatic heterocycles. The van der Waals surface area contributed by atoms with Crippen LogP contribution >= 0.6 is 0 Å². The van der Waals surface area contributed by atoms with E-state index in [9.17, 15) is 24.1 Å². The molecule has 0 spiro atoms. The zero-order valence-corrected chi connectivity index (χ0v) is 13.9. The Balaban J connectivity index is 2.07. The Hall–Kier alpha value is -3.49. The van der Waals surface area contributed by atoms with E-state index in [0.717, 1.165) is 18.2 Å². The van der Waals surface area contributed by atoms with E-state index in [1.54, 1.807) is 0 Å². The summed E-state index contributed by atoms with van der Waals surface area (Å²) >= 11 is 0. The summed E-state index contributed by atoms with van der Waals surface area (Å²) < 4.78 is 24.1. The van der Waals surface area contributed by atoms with Crippen LogP contribution in [0.5, 0.6) is 11.5 Å². The number of nitro groups is 1. The predicted octanol–water partition coefficient (Wildman–Crippen LogP) is 2.96. The fourth-order valence-corrected chi connectivity index (χ4v) is 2.06. The van der Waals surface area contributed by atoms with Crippen LogP contribution in [0, 0.1) is 15.9 Å². The van der Waals surface area contributed by atoms with Crippen molar-refractivity contribution in [2.45, 2.75) is 6.92 Å². The van der Waals surface area contributed by atoms with Crippen LogP contribution in [-0.4, -0.2) is 30.3 Å². The molecule has 0 saturated carbocycles. The van der Waals surface area contributed by atoms with Crippen molar-refractivity contribution in [3.8, 4) is 11.5 Å². The molecule has 0 aliphatic carbocycles. The number of carbonyl (C=O) groups is 2. The number of nitro benzene ring substituents is 1.